The number of amides is 1. The lowest BCUT2D eigenvalue weighted by molar-refractivity contribution is -0.121. The Bertz CT molecular complexity index is 1730. The van der Waals surface area contributed by atoms with Gasteiger partial charge in [-0.1, -0.05) is 84.4 Å². The molecule has 40 heavy (non-hydrogen) atoms. The van der Waals surface area contributed by atoms with Crippen LogP contribution in [0.5, 0.6) is 0 Å². The van der Waals surface area contributed by atoms with Crippen LogP contribution in [-0.2, 0) is 10.2 Å². The molecule has 6 heteroatoms. The standard InChI is InChI=1S/C34H25ClN2O3/c1-20-11-12-21-15-18-28-34(25-9-5-6-10-26(25)36-33(34)40)29(31(38)23-13-16-24(35)17-14-23)30(37(28)27(21)19-20)32(39)22-7-3-2-4-8-22/h2-19,28-30H,1H3,(H,36,40). The Morgan fingerprint density at radius 1 is 0.850 bits per heavy atom. The van der Waals surface area contributed by atoms with Crippen molar-refractivity contribution in [2.24, 2.45) is 5.92 Å². The highest BCUT2D eigenvalue weighted by molar-refractivity contribution is 6.30. The van der Waals surface area contributed by atoms with Crippen molar-refractivity contribution in [2.45, 2.75) is 24.4 Å². The first-order valence-electron chi connectivity index (χ1n) is 13.3. The second kappa shape index (κ2) is 9.04. The fourth-order valence-electron chi connectivity index (χ4n) is 6.84. The van der Waals surface area contributed by atoms with Gasteiger partial charge in [0.05, 0.1) is 12.0 Å². The summed E-state index contributed by atoms with van der Waals surface area (Å²) < 4.78 is 0. The minimum absolute atomic E-state index is 0.199. The maximum atomic E-state index is 14.7. The van der Waals surface area contributed by atoms with Crippen LogP contribution in [0.25, 0.3) is 6.08 Å². The second-order valence-electron chi connectivity index (χ2n) is 10.7. The van der Waals surface area contributed by atoms with Crippen molar-refractivity contribution < 1.29 is 14.4 Å². The highest BCUT2D eigenvalue weighted by Crippen LogP contribution is 2.58. The van der Waals surface area contributed by atoms with E-state index in [-0.39, 0.29) is 17.5 Å². The summed E-state index contributed by atoms with van der Waals surface area (Å²) in [6.07, 6.45) is 3.99. The lowest BCUT2D eigenvalue weighted by Gasteiger charge is -2.37. The number of nitrogens with one attached hydrogen (secondary N) is 1. The van der Waals surface area contributed by atoms with Gasteiger partial charge in [-0.2, -0.15) is 0 Å². The molecule has 5 nitrogen and oxygen atoms in total. The molecule has 3 heterocycles. The largest absolute Gasteiger partial charge is 0.352 e. The van der Waals surface area contributed by atoms with Crippen LogP contribution < -0.4 is 10.2 Å². The zero-order chi connectivity index (χ0) is 27.6. The van der Waals surface area contributed by atoms with Crippen molar-refractivity contribution in [1.29, 1.82) is 0 Å². The molecule has 1 amide bonds. The van der Waals surface area contributed by atoms with Crippen LogP contribution in [0, 0.1) is 12.8 Å². The van der Waals surface area contributed by atoms with Gasteiger partial charge in [-0.25, -0.2) is 0 Å². The van der Waals surface area contributed by atoms with E-state index < -0.39 is 23.4 Å². The lowest BCUT2D eigenvalue weighted by Crippen LogP contribution is -2.51. The van der Waals surface area contributed by atoms with Gasteiger partial charge in [-0.05, 0) is 60.0 Å². The van der Waals surface area contributed by atoms with Gasteiger partial charge in [0.2, 0.25) is 5.91 Å². The molecule has 0 saturated carbocycles. The summed E-state index contributed by atoms with van der Waals surface area (Å²) in [5.74, 6) is -1.75. The SMILES string of the molecule is Cc1ccc2c(c1)N1C(C(=O)c3ccccc3)C(C(=O)c3ccc(Cl)cc3)C3(C(=O)Nc4ccccc43)C1C=C2. The average molecular weight is 545 g/mol. The van der Waals surface area contributed by atoms with E-state index in [0.717, 1.165) is 22.4 Å². The number of benzene rings is 4. The van der Waals surface area contributed by atoms with E-state index in [2.05, 4.69) is 5.32 Å². The van der Waals surface area contributed by atoms with E-state index in [1.807, 2.05) is 84.6 Å². The first-order valence-corrected chi connectivity index (χ1v) is 13.7. The van der Waals surface area contributed by atoms with Crippen LogP contribution in [0.1, 0.15) is 37.4 Å². The molecular formula is C34H25ClN2O3. The Morgan fingerprint density at radius 2 is 1.55 bits per heavy atom. The summed E-state index contributed by atoms with van der Waals surface area (Å²) in [5, 5.41) is 3.56. The lowest BCUT2D eigenvalue weighted by atomic mass is 9.64. The Labute approximate surface area is 237 Å². The first kappa shape index (κ1) is 24.6. The third-order valence-electron chi connectivity index (χ3n) is 8.53. The number of para-hydroxylation sites is 1. The van der Waals surface area contributed by atoms with Crippen molar-refractivity contribution in [2.75, 3.05) is 10.2 Å². The van der Waals surface area contributed by atoms with Crippen molar-refractivity contribution in [3.05, 3.63) is 136 Å². The van der Waals surface area contributed by atoms with Crippen LogP contribution in [0.4, 0.5) is 11.4 Å². The zero-order valence-electron chi connectivity index (χ0n) is 21.7. The number of fused-ring (bicyclic) bond motifs is 6. The molecule has 0 bridgehead atoms. The van der Waals surface area contributed by atoms with Gasteiger partial charge in [0.25, 0.3) is 0 Å². The summed E-state index contributed by atoms with van der Waals surface area (Å²) in [4.78, 5) is 45.7. The highest BCUT2D eigenvalue weighted by Gasteiger charge is 2.70. The van der Waals surface area contributed by atoms with E-state index in [4.69, 9.17) is 11.6 Å². The zero-order valence-corrected chi connectivity index (χ0v) is 22.4. The third-order valence-corrected chi connectivity index (χ3v) is 8.78. The van der Waals surface area contributed by atoms with E-state index in [0.29, 0.717) is 21.8 Å². The molecule has 4 aromatic rings. The molecule has 196 valence electrons. The molecule has 0 radical (unpaired) electrons. The molecule has 4 unspecified atom stereocenters. The summed E-state index contributed by atoms with van der Waals surface area (Å²) in [6.45, 7) is 2.00. The Kier molecular flexibility index (Phi) is 5.55. The summed E-state index contributed by atoms with van der Waals surface area (Å²) in [6, 6.07) is 27.8. The number of hydrogen-bond acceptors (Lipinski definition) is 4. The summed E-state index contributed by atoms with van der Waals surface area (Å²) >= 11 is 6.17. The molecular weight excluding hydrogens is 520 g/mol. The topological polar surface area (TPSA) is 66.5 Å². The number of ketones is 2. The van der Waals surface area contributed by atoms with Crippen molar-refractivity contribution in [1.82, 2.24) is 0 Å². The van der Waals surface area contributed by atoms with Gasteiger partial charge in [-0.3, -0.25) is 14.4 Å². The van der Waals surface area contributed by atoms with E-state index in [1.165, 1.54) is 0 Å². The fourth-order valence-corrected chi connectivity index (χ4v) is 6.97. The third kappa shape index (κ3) is 3.37. The number of hydrogen-bond donors (Lipinski definition) is 1. The van der Waals surface area contributed by atoms with Crippen molar-refractivity contribution in [3.8, 4) is 0 Å². The number of anilines is 2. The molecule has 3 aliphatic rings. The number of nitrogens with zero attached hydrogens (tertiary/aromatic N) is 1. The summed E-state index contributed by atoms with van der Waals surface area (Å²) in [5.41, 5.74) is 3.76. The second-order valence-corrected chi connectivity index (χ2v) is 11.1. The van der Waals surface area contributed by atoms with Crippen molar-refractivity contribution >= 4 is 46.5 Å². The van der Waals surface area contributed by atoms with Crippen LogP contribution in [0.2, 0.25) is 5.02 Å². The number of Topliss-reactive ketones (excluding diaryl/α,β-unsaturated/α-hetero) is 2. The maximum Gasteiger partial charge on any atom is 0.238 e. The van der Waals surface area contributed by atoms with Gasteiger partial charge >= 0.3 is 0 Å². The highest BCUT2D eigenvalue weighted by atomic mass is 35.5. The molecule has 1 saturated heterocycles. The smallest absolute Gasteiger partial charge is 0.238 e. The maximum absolute atomic E-state index is 14.7. The molecule has 1 fully saturated rings. The first-order chi connectivity index (χ1) is 19.4. The number of rotatable bonds is 4. The minimum Gasteiger partial charge on any atom is -0.352 e. The molecule has 0 aliphatic carbocycles. The van der Waals surface area contributed by atoms with Crippen molar-refractivity contribution in [3.63, 3.8) is 0 Å². The normalized spacial score (nSPS) is 23.9. The van der Waals surface area contributed by atoms with Crippen LogP contribution >= 0.6 is 11.6 Å². The fraction of sp³-hybridized carbons (Fsp3) is 0.147. The molecule has 0 aromatic heterocycles. The number of carbonyl (C=O) groups excluding carboxylic acids is 3. The van der Waals surface area contributed by atoms with E-state index in [1.54, 1.807) is 36.4 Å². The number of carbonyl (C=O) groups is 3. The average Bonchev–Trinajstić information content (AvgIpc) is 3.45. The number of aryl methyl sites for hydroxylation is 1. The molecule has 1 N–H and O–H groups in total. The van der Waals surface area contributed by atoms with Gasteiger partial charge in [0, 0.05) is 27.5 Å². The summed E-state index contributed by atoms with van der Waals surface area (Å²) in [7, 11) is 0. The Hall–Kier alpha value is -4.48. The molecule has 1 spiro atoms. The Balaban J connectivity index is 1.55. The molecule has 7 rings (SSSR count). The molecule has 4 aromatic carbocycles. The predicted molar refractivity (Wildman–Crippen MR) is 157 cm³/mol. The quantitative estimate of drug-likeness (QED) is 0.298. The van der Waals surface area contributed by atoms with Gasteiger partial charge < -0.3 is 10.2 Å². The predicted octanol–water partition coefficient (Wildman–Crippen LogP) is 6.50. The van der Waals surface area contributed by atoms with Gasteiger partial charge in [-0.15, -0.1) is 0 Å². The monoisotopic (exact) mass is 544 g/mol. The minimum atomic E-state index is -1.33. The molecule has 4 atom stereocenters. The van der Waals surface area contributed by atoms with Crippen LogP contribution in [-0.4, -0.2) is 29.6 Å². The van der Waals surface area contributed by atoms with E-state index >= 15 is 0 Å². The molecule has 3 aliphatic heterocycles. The van der Waals surface area contributed by atoms with Crippen LogP contribution in [0.3, 0.4) is 0 Å². The number of halogens is 1. The van der Waals surface area contributed by atoms with Gasteiger partial charge in [0.15, 0.2) is 11.6 Å². The van der Waals surface area contributed by atoms with Gasteiger partial charge in [0.1, 0.15) is 11.5 Å². The Morgan fingerprint density at radius 3 is 2.33 bits per heavy atom. The van der Waals surface area contributed by atoms with E-state index in [9.17, 15) is 14.4 Å². The van der Waals surface area contributed by atoms with Crippen LogP contribution in [0.15, 0.2) is 103 Å².